The molecule has 1 aliphatic carbocycles. The number of Topliss-reactive ketones (excluding diaryl/α,β-unsaturated/α-hetero) is 2. The third kappa shape index (κ3) is 4.46. The number of halogens is 2. The number of nitrogens with one attached hydrogen (secondary N) is 2. The zero-order valence-corrected chi connectivity index (χ0v) is 19.2. The van der Waals surface area contributed by atoms with E-state index in [2.05, 4.69) is 10.6 Å². The summed E-state index contributed by atoms with van der Waals surface area (Å²) < 4.78 is 21.0. The molecule has 0 spiro atoms. The average molecular weight is 479 g/mol. The molecule has 8 nitrogen and oxygen atoms in total. The van der Waals surface area contributed by atoms with Crippen molar-refractivity contribution in [3.63, 3.8) is 0 Å². The Morgan fingerprint density at radius 3 is 1.31 bits per heavy atom. The van der Waals surface area contributed by atoms with E-state index in [-0.39, 0.29) is 21.5 Å². The molecule has 10 heteroatoms. The lowest BCUT2D eigenvalue weighted by atomic mass is 10.0. The van der Waals surface area contributed by atoms with E-state index in [0.717, 1.165) is 0 Å². The van der Waals surface area contributed by atoms with Gasteiger partial charge in [-0.25, -0.2) is 0 Å². The lowest BCUT2D eigenvalue weighted by Crippen LogP contribution is -2.27. The van der Waals surface area contributed by atoms with E-state index in [1.54, 1.807) is 36.4 Å². The standard InChI is InChI=1S/C22H20Cl2N2O6/c1-29-11-5-7-15(31-3)13(9-11)25-19-17(23)22(28)20(18(24)21(19)27)26-14-10-12(30-2)6-8-16(14)32-4/h5-10,25-26H,1-4H3. The predicted molar refractivity (Wildman–Crippen MR) is 122 cm³/mol. The van der Waals surface area contributed by atoms with E-state index in [1.165, 1.54) is 28.4 Å². The Kier molecular flexibility index (Phi) is 7.17. The summed E-state index contributed by atoms with van der Waals surface area (Å²) in [5.41, 5.74) is 0.376. The van der Waals surface area contributed by atoms with Crippen LogP contribution in [0.5, 0.6) is 23.0 Å². The number of rotatable bonds is 8. The topological polar surface area (TPSA) is 95.1 Å². The number of methoxy groups -OCH3 is 4. The van der Waals surface area contributed by atoms with Crippen LogP contribution in [-0.2, 0) is 9.59 Å². The van der Waals surface area contributed by atoms with Crippen molar-refractivity contribution in [2.45, 2.75) is 0 Å². The van der Waals surface area contributed by atoms with Crippen LogP contribution in [0.25, 0.3) is 0 Å². The molecule has 0 saturated carbocycles. The van der Waals surface area contributed by atoms with Gasteiger partial charge in [0.2, 0.25) is 11.6 Å². The molecule has 0 radical (unpaired) electrons. The van der Waals surface area contributed by atoms with Gasteiger partial charge < -0.3 is 29.6 Å². The number of allylic oxidation sites excluding steroid dienone is 2. The Morgan fingerprint density at radius 1 is 0.625 bits per heavy atom. The summed E-state index contributed by atoms with van der Waals surface area (Å²) in [5, 5.41) is 5.01. The minimum Gasteiger partial charge on any atom is -0.497 e. The average Bonchev–Trinajstić information content (AvgIpc) is 2.82. The van der Waals surface area contributed by atoms with E-state index >= 15 is 0 Å². The second-order valence-electron chi connectivity index (χ2n) is 6.42. The van der Waals surface area contributed by atoms with Crippen molar-refractivity contribution in [2.24, 2.45) is 0 Å². The maximum absolute atomic E-state index is 13.0. The van der Waals surface area contributed by atoms with Crippen molar-refractivity contribution < 1.29 is 28.5 Å². The van der Waals surface area contributed by atoms with E-state index in [1.807, 2.05) is 0 Å². The number of carbonyl (C=O) groups is 2. The Morgan fingerprint density at radius 2 is 1.00 bits per heavy atom. The number of ketones is 2. The van der Waals surface area contributed by atoms with Gasteiger partial charge in [0.1, 0.15) is 44.5 Å². The van der Waals surface area contributed by atoms with Gasteiger partial charge in [-0.05, 0) is 24.3 Å². The van der Waals surface area contributed by atoms with Crippen molar-refractivity contribution in [3.05, 3.63) is 57.9 Å². The third-order valence-corrected chi connectivity index (χ3v) is 5.35. The van der Waals surface area contributed by atoms with Crippen molar-refractivity contribution in [2.75, 3.05) is 39.1 Å². The number of carbonyl (C=O) groups excluding carboxylic acids is 2. The van der Waals surface area contributed by atoms with Gasteiger partial charge in [0.05, 0.1) is 39.8 Å². The molecular formula is C22H20Cl2N2O6. The second-order valence-corrected chi connectivity index (χ2v) is 7.17. The summed E-state index contributed by atoms with van der Waals surface area (Å²) >= 11 is 12.6. The van der Waals surface area contributed by atoms with Crippen LogP contribution in [0.2, 0.25) is 0 Å². The first-order chi connectivity index (χ1) is 15.3. The fourth-order valence-electron chi connectivity index (χ4n) is 2.96. The van der Waals surface area contributed by atoms with Gasteiger partial charge in [-0.1, -0.05) is 23.2 Å². The molecular weight excluding hydrogens is 459 g/mol. The summed E-state index contributed by atoms with van der Waals surface area (Å²) in [7, 11) is 5.93. The van der Waals surface area contributed by atoms with Gasteiger partial charge in [0.15, 0.2) is 0 Å². The molecule has 0 aromatic heterocycles. The molecule has 2 N–H and O–H groups in total. The number of anilines is 2. The molecule has 0 fully saturated rings. The van der Waals surface area contributed by atoms with E-state index in [9.17, 15) is 9.59 Å². The lowest BCUT2D eigenvalue weighted by molar-refractivity contribution is -0.115. The molecule has 0 aliphatic heterocycles. The fraction of sp³-hybridized carbons (Fsp3) is 0.182. The minimum atomic E-state index is -0.675. The quantitative estimate of drug-likeness (QED) is 0.542. The summed E-state index contributed by atoms with van der Waals surface area (Å²) in [6.07, 6.45) is 0. The molecule has 0 amide bonds. The van der Waals surface area contributed by atoms with Crippen molar-refractivity contribution in [1.29, 1.82) is 0 Å². The summed E-state index contributed by atoms with van der Waals surface area (Å²) in [6, 6.07) is 9.85. The molecule has 1 aliphatic rings. The molecule has 2 aromatic carbocycles. The Bertz CT molecular complexity index is 1050. The van der Waals surface area contributed by atoms with Crippen LogP contribution < -0.4 is 29.6 Å². The molecule has 168 valence electrons. The van der Waals surface area contributed by atoms with Gasteiger partial charge in [-0.3, -0.25) is 9.59 Å². The number of benzene rings is 2. The second kappa shape index (κ2) is 9.84. The molecule has 3 rings (SSSR count). The number of hydrogen-bond acceptors (Lipinski definition) is 8. The molecule has 0 atom stereocenters. The minimum absolute atomic E-state index is 0.184. The van der Waals surface area contributed by atoms with Gasteiger partial charge in [0, 0.05) is 12.1 Å². The smallest absolute Gasteiger partial charge is 0.224 e. The molecule has 0 unspecified atom stereocenters. The zero-order valence-electron chi connectivity index (χ0n) is 17.7. The van der Waals surface area contributed by atoms with E-state index in [4.69, 9.17) is 42.1 Å². The highest BCUT2D eigenvalue weighted by Crippen LogP contribution is 2.37. The monoisotopic (exact) mass is 478 g/mol. The van der Waals surface area contributed by atoms with Crippen LogP contribution in [0, 0.1) is 0 Å². The molecule has 32 heavy (non-hydrogen) atoms. The van der Waals surface area contributed by atoms with Gasteiger partial charge in [-0.15, -0.1) is 0 Å². The Hall–Kier alpha value is -3.36. The highest BCUT2D eigenvalue weighted by molar-refractivity contribution is 6.56. The highest BCUT2D eigenvalue weighted by atomic mass is 35.5. The van der Waals surface area contributed by atoms with Crippen LogP contribution >= 0.6 is 23.2 Å². The van der Waals surface area contributed by atoms with Crippen LogP contribution in [0.4, 0.5) is 11.4 Å². The number of ether oxygens (including phenoxy) is 4. The zero-order chi connectivity index (χ0) is 23.4. The molecule has 0 heterocycles. The van der Waals surface area contributed by atoms with Crippen molar-refractivity contribution in [3.8, 4) is 23.0 Å². The summed E-state index contributed by atoms with van der Waals surface area (Å²) in [6.45, 7) is 0. The Labute approximate surface area is 194 Å². The predicted octanol–water partition coefficient (Wildman–Crippen LogP) is 4.30. The van der Waals surface area contributed by atoms with Crippen molar-refractivity contribution in [1.82, 2.24) is 0 Å². The van der Waals surface area contributed by atoms with Crippen LogP contribution in [-0.4, -0.2) is 40.0 Å². The fourth-order valence-corrected chi connectivity index (χ4v) is 3.42. The van der Waals surface area contributed by atoms with E-state index in [0.29, 0.717) is 34.4 Å². The summed E-state index contributed by atoms with van der Waals surface area (Å²) in [5.74, 6) is 0.486. The SMILES string of the molecule is COc1ccc(OC)c(NC2=C(Cl)C(=O)C(Nc3cc(OC)ccc3OC)=C(Cl)C2=O)c1. The molecule has 0 bridgehead atoms. The maximum Gasteiger partial charge on any atom is 0.224 e. The van der Waals surface area contributed by atoms with Crippen LogP contribution in [0.15, 0.2) is 57.9 Å². The number of hydrogen-bond donors (Lipinski definition) is 2. The molecule has 2 aromatic rings. The van der Waals surface area contributed by atoms with Gasteiger partial charge >= 0.3 is 0 Å². The lowest BCUT2D eigenvalue weighted by Gasteiger charge is -2.22. The van der Waals surface area contributed by atoms with E-state index < -0.39 is 11.6 Å². The van der Waals surface area contributed by atoms with Crippen molar-refractivity contribution >= 4 is 46.1 Å². The van der Waals surface area contributed by atoms with Crippen LogP contribution in [0.3, 0.4) is 0 Å². The normalized spacial score (nSPS) is 13.8. The molecule has 0 saturated heterocycles. The Balaban J connectivity index is 1.97. The first-order valence-corrected chi connectivity index (χ1v) is 9.97. The first-order valence-electron chi connectivity index (χ1n) is 9.21. The van der Waals surface area contributed by atoms with Crippen LogP contribution in [0.1, 0.15) is 0 Å². The van der Waals surface area contributed by atoms with Gasteiger partial charge in [0.25, 0.3) is 0 Å². The van der Waals surface area contributed by atoms with Gasteiger partial charge in [-0.2, -0.15) is 0 Å². The first kappa shape index (κ1) is 23.3. The third-order valence-electron chi connectivity index (χ3n) is 4.62. The highest BCUT2D eigenvalue weighted by Gasteiger charge is 2.34. The summed E-state index contributed by atoms with van der Waals surface area (Å²) in [4.78, 5) is 26.0. The largest absolute Gasteiger partial charge is 0.497 e. The maximum atomic E-state index is 13.0.